The summed E-state index contributed by atoms with van der Waals surface area (Å²) in [4.78, 5) is 14.6. The van der Waals surface area contributed by atoms with Gasteiger partial charge in [0.1, 0.15) is 22.5 Å². The first-order valence-corrected chi connectivity index (χ1v) is 11.6. The van der Waals surface area contributed by atoms with Crippen LogP contribution in [-0.4, -0.2) is 71.2 Å². The molecule has 156 valence electrons. The maximum Gasteiger partial charge on any atom is 0.267 e. The van der Waals surface area contributed by atoms with E-state index < -0.39 is 16.1 Å². The molecule has 1 amide bonds. The number of hydrogen-bond donors (Lipinski definition) is 0. The summed E-state index contributed by atoms with van der Waals surface area (Å²) in [6.07, 6.45) is -0.738. The number of ether oxygens (including phenoxy) is 2. The van der Waals surface area contributed by atoms with Gasteiger partial charge in [0.2, 0.25) is 16.1 Å². The van der Waals surface area contributed by atoms with E-state index in [1.165, 1.54) is 4.31 Å². The van der Waals surface area contributed by atoms with Crippen LogP contribution in [0.4, 0.5) is 0 Å². The molecule has 1 fully saturated rings. The molecule has 2 aromatic carbocycles. The van der Waals surface area contributed by atoms with Crippen LogP contribution in [0.1, 0.15) is 0 Å². The first-order chi connectivity index (χ1) is 14.5. The van der Waals surface area contributed by atoms with Crippen molar-refractivity contribution in [2.24, 2.45) is 0 Å². The molecule has 0 radical (unpaired) electrons. The molecule has 5 rings (SSSR count). The summed E-state index contributed by atoms with van der Waals surface area (Å²) in [5.74, 6) is 0.948. The number of carbonyl (C=O) groups is 1. The third-order valence-electron chi connectivity index (χ3n) is 5.20. The second kappa shape index (κ2) is 7.49. The van der Waals surface area contributed by atoms with Crippen LogP contribution < -0.4 is 9.47 Å². The Hall–Kier alpha value is -2.76. The molecule has 0 unspecified atom stereocenters. The van der Waals surface area contributed by atoms with Gasteiger partial charge >= 0.3 is 0 Å². The summed E-state index contributed by atoms with van der Waals surface area (Å²) in [6, 6.07) is 12.1. The fraction of sp³-hybridized carbons (Fsp3) is 0.316. The normalized spacial score (nSPS) is 19.7. The highest BCUT2D eigenvalue weighted by atomic mass is 32.2. The third-order valence-corrected chi connectivity index (χ3v) is 7.67. The Labute approximate surface area is 177 Å². The minimum absolute atomic E-state index is 0.132. The Morgan fingerprint density at radius 1 is 1.00 bits per heavy atom. The van der Waals surface area contributed by atoms with Gasteiger partial charge in [-0.1, -0.05) is 18.2 Å². The molecule has 3 aromatic rings. The van der Waals surface area contributed by atoms with Crippen molar-refractivity contribution in [1.29, 1.82) is 0 Å². The van der Waals surface area contributed by atoms with Gasteiger partial charge in [-0.25, -0.2) is 8.42 Å². The van der Waals surface area contributed by atoms with Crippen LogP contribution in [0.2, 0.25) is 0 Å². The predicted octanol–water partition coefficient (Wildman–Crippen LogP) is 1.36. The van der Waals surface area contributed by atoms with Crippen molar-refractivity contribution in [3.05, 3.63) is 42.5 Å². The number of hydrogen-bond acceptors (Lipinski definition) is 8. The second-order valence-corrected chi connectivity index (χ2v) is 9.42. The molecular formula is C19H18N4O5S2. The molecule has 3 heterocycles. The van der Waals surface area contributed by atoms with Crippen LogP contribution in [-0.2, 0) is 14.8 Å². The Bertz CT molecular complexity index is 1200. The van der Waals surface area contributed by atoms with E-state index in [2.05, 4.69) is 8.75 Å². The summed E-state index contributed by atoms with van der Waals surface area (Å²) in [5, 5.41) is 0. The van der Waals surface area contributed by atoms with Crippen molar-refractivity contribution in [3.63, 3.8) is 0 Å². The first kappa shape index (κ1) is 19.2. The van der Waals surface area contributed by atoms with E-state index in [0.717, 1.165) is 11.7 Å². The van der Waals surface area contributed by atoms with Crippen LogP contribution >= 0.6 is 11.7 Å². The number of para-hydroxylation sites is 2. The first-order valence-electron chi connectivity index (χ1n) is 9.43. The van der Waals surface area contributed by atoms with E-state index in [0.29, 0.717) is 22.5 Å². The van der Waals surface area contributed by atoms with E-state index in [1.54, 1.807) is 35.2 Å². The summed E-state index contributed by atoms with van der Waals surface area (Å²) in [7, 11) is -3.73. The number of fused-ring (bicyclic) bond motifs is 2. The smallest absolute Gasteiger partial charge is 0.267 e. The fourth-order valence-corrected chi connectivity index (χ4v) is 5.80. The van der Waals surface area contributed by atoms with Crippen LogP contribution in [0.3, 0.4) is 0 Å². The predicted molar refractivity (Wildman–Crippen MR) is 109 cm³/mol. The summed E-state index contributed by atoms with van der Waals surface area (Å²) >= 11 is 0.983. The highest BCUT2D eigenvalue weighted by Gasteiger charge is 2.36. The molecule has 0 spiro atoms. The molecule has 0 saturated carbocycles. The van der Waals surface area contributed by atoms with Crippen molar-refractivity contribution >= 4 is 38.7 Å². The molecule has 9 nitrogen and oxygen atoms in total. The molecule has 1 aromatic heterocycles. The van der Waals surface area contributed by atoms with Crippen molar-refractivity contribution < 1.29 is 22.7 Å². The van der Waals surface area contributed by atoms with Gasteiger partial charge in [0.15, 0.2) is 11.5 Å². The molecule has 0 N–H and O–H groups in total. The van der Waals surface area contributed by atoms with Crippen LogP contribution in [0.25, 0.3) is 11.0 Å². The lowest BCUT2D eigenvalue weighted by Gasteiger charge is -2.36. The molecule has 30 heavy (non-hydrogen) atoms. The second-order valence-electron chi connectivity index (χ2n) is 6.98. The fourth-order valence-electron chi connectivity index (χ4n) is 3.62. The summed E-state index contributed by atoms with van der Waals surface area (Å²) in [5.41, 5.74) is 0.942. The number of benzene rings is 2. The number of rotatable bonds is 3. The highest BCUT2D eigenvalue weighted by Crippen LogP contribution is 2.31. The number of piperazine rings is 1. The zero-order valence-electron chi connectivity index (χ0n) is 15.8. The lowest BCUT2D eigenvalue weighted by molar-refractivity contribution is -0.142. The molecule has 11 heteroatoms. The van der Waals surface area contributed by atoms with Gasteiger partial charge in [0, 0.05) is 26.2 Å². The Balaban J connectivity index is 1.27. The molecule has 1 saturated heterocycles. The number of nitrogens with zero attached hydrogens (tertiary/aromatic N) is 4. The number of carbonyl (C=O) groups excluding carboxylic acids is 1. The van der Waals surface area contributed by atoms with E-state index in [-0.39, 0.29) is 43.6 Å². The van der Waals surface area contributed by atoms with Crippen molar-refractivity contribution in [1.82, 2.24) is 18.0 Å². The molecule has 2 aliphatic heterocycles. The zero-order valence-corrected chi connectivity index (χ0v) is 17.4. The molecule has 2 aliphatic rings. The van der Waals surface area contributed by atoms with Gasteiger partial charge in [-0.2, -0.15) is 13.1 Å². The highest BCUT2D eigenvalue weighted by molar-refractivity contribution is 7.89. The van der Waals surface area contributed by atoms with Gasteiger partial charge in [-0.3, -0.25) is 4.79 Å². The van der Waals surface area contributed by atoms with Crippen molar-refractivity contribution in [2.75, 3.05) is 32.8 Å². The zero-order chi connectivity index (χ0) is 20.7. The van der Waals surface area contributed by atoms with Crippen molar-refractivity contribution in [2.45, 2.75) is 11.0 Å². The van der Waals surface area contributed by atoms with E-state index >= 15 is 0 Å². The standard InChI is InChI=1S/C19H18N4O5S2/c24-19(16-12-27-14-5-1-2-6-15(14)28-16)22-8-10-23(11-9-22)30(25,26)17-7-3-4-13-18(17)21-29-20-13/h1-7,16H,8-12H2/t16-/m1/s1. The largest absolute Gasteiger partial charge is 0.485 e. The Kier molecular flexibility index (Phi) is 4.80. The van der Waals surface area contributed by atoms with E-state index in [4.69, 9.17) is 9.47 Å². The molecule has 1 atom stereocenters. The van der Waals surface area contributed by atoms with Gasteiger partial charge in [0.25, 0.3) is 5.91 Å². The minimum Gasteiger partial charge on any atom is -0.485 e. The Morgan fingerprint density at radius 2 is 1.77 bits per heavy atom. The molecule has 0 aliphatic carbocycles. The maximum absolute atomic E-state index is 13.1. The summed E-state index contributed by atoms with van der Waals surface area (Å²) in [6.45, 7) is 1.10. The SMILES string of the molecule is O=C([C@H]1COc2ccccc2O1)N1CCN(S(=O)(=O)c2cccc3nsnc23)CC1. The van der Waals surface area contributed by atoms with E-state index in [1.807, 2.05) is 12.1 Å². The quantitative estimate of drug-likeness (QED) is 0.599. The maximum atomic E-state index is 13.1. The monoisotopic (exact) mass is 446 g/mol. The average molecular weight is 447 g/mol. The van der Waals surface area contributed by atoms with Gasteiger partial charge < -0.3 is 14.4 Å². The van der Waals surface area contributed by atoms with Crippen molar-refractivity contribution in [3.8, 4) is 11.5 Å². The molecule has 0 bridgehead atoms. The lowest BCUT2D eigenvalue weighted by atomic mass is 10.2. The summed E-state index contributed by atoms with van der Waals surface area (Å²) < 4.78 is 47.3. The third kappa shape index (κ3) is 3.28. The lowest BCUT2D eigenvalue weighted by Crippen LogP contribution is -2.55. The van der Waals surface area contributed by atoms with Gasteiger partial charge in [-0.05, 0) is 24.3 Å². The Morgan fingerprint density at radius 3 is 2.57 bits per heavy atom. The van der Waals surface area contributed by atoms with Crippen LogP contribution in [0.15, 0.2) is 47.4 Å². The number of amides is 1. The van der Waals surface area contributed by atoms with E-state index in [9.17, 15) is 13.2 Å². The minimum atomic E-state index is -3.73. The topological polar surface area (TPSA) is 102 Å². The number of aromatic nitrogens is 2. The number of sulfonamides is 1. The van der Waals surface area contributed by atoms with Gasteiger partial charge in [-0.15, -0.1) is 0 Å². The molecular weight excluding hydrogens is 428 g/mol. The van der Waals surface area contributed by atoms with Crippen LogP contribution in [0.5, 0.6) is 11.5 Å². The average Bonchev–Trinajstić information content (AvgIpc) is 3.27. The van der Waals surface area contributed by atoms with Crippen LogP contribution in [0, 0.1) is 0 Å². The van der Waals surface area contributed by atoms with Gasteiger partial charge in [0.05, 0.1) is 11.7 Å².